The largest absolute Gasteiger partial charge is 0.480 e. The van der Waals surface area contributed by atoms with Gasteiger partial charge in [-0.15, -0.1) is 0 Å². The van der Waals surface area contributed by atoms with Gasteiger partial charge in [-0.1, -0.05) is 36.4 Å². The van der Waals surface area contributed by atoms with Gasteiger partial charge in [0.2, 0.25) is 0 Å². The van der Waals surface area contributed by atoms with E-state index in [1.807, 2.05) is 36.4 Å². The van der Waals surface area contributed by atoms with Crippen molar-refractivity contribution in [1.29, 1.82) is 0 Å². The number of amides is 1. The Hall–Kier alpha value is -2.07. The van der Waals surface area contributed by atoms with E-state index in [0.717, 1.165) is 10.8 Å². The van der Waals surface area contributed by atoms with Gasteiger partial charge in [0, 0.05) is 5.39 Å². The van der Waals surface area contributed by atoms with Crippen LogP contribution in [0.15, 0.2) is 42.5 Å². The van der Waals surface area contributed by atoms with Crippen molar-refractivity contribution in [3.8, 4) is 5.75 Å². The molecule has 0 aliphatic heterocycles. The van der Waals surface area contributed by atoms with E-state index >= 15 is 0 Å². The molecule has 0 heterocycles. The van der Waals surface area contributed by atoms with Crippen LogP contribution >= 0.6 is 0 Å². The summed E-state index contributed by atoms with van der Waals surface area (Å²) < 4.78 is 5.51. The Labute approximate surface area is 98.8 Å². The molecule has 1 atom stereocenters. The van der Waals surface area contributed by atoms with E-state index in [4.69, 9.17) is 9.94 Å². The predicted octanol–water partition coefficient (Wildman–Crippen LogP) is 2.11. The summed E-state index contributed by atoms with van der Waals surface area (Å²) in [6.45, 7) is 1.58. The number of hydrogen-bond acceptors (Lipinski definition) is 3. The molecule has 0 radical (unpaired) electrons. The summed E-state index contributed by atoms with van der Waals surface area (Å²) in [5.41, 5.74) is 1.57. The van der Waals surface area contributed by atoms with Crippen LogP contribution in [0.2, 0.25) is 0 Å². The van der Waals surface area contributed by atoms with Crippen LogP contribution in [0.4, 0.5) is 0 Å². The summed E-state index contributed by atoms with van der Waals surface area (Å²) in [4.78, 5) is 11.2. The Morgan fingerprint density at radius 2 is 1.94 bits per heavy atom. The highest BCUT2D eigenvalue weighted by Crippen LogP contribution is 2.25. The van der Waals surface area contributed by atoms with E-state index in [1.54, 1.807) is 18.5 Å². The number of fused-ring (bicyclic) bond motifs is 1. The number of carbonyl (C=O) groups excluding carboxylic acids is 1. The Balaban J connectivity index is 2.33. The maximum absolute atomic E-state index is 11.2. The molecule has 88 valence electrons. The molecule has 4 nitrogen and oxygen atoms in total. The molecule has 0 saturated heterocycles. The van der Waals surface area contributed by atoms with Crippen molar-refractivity contribution in [2.45, 2.75) is 13.0 Å². The van der Waals surface area contributed by atoms with Crippen molar-refractivity contribution in [3.63, 3.8) is 0 Å². The lowest BCUT2D eigenvalue weighted by Gasteiger charge is -2.14. The number of ether oxygens (including phenoxy) is 1. The number of carbonyl (C=O) groups is 1. The van der Waals surface area contributed by atoms with Crippen LogP contribution in [0, 0.1) is 0 Å². The monoisotopic (exact) mass is 231 g/mol. The molecule has 2 rings (SSSR count). The predicted molar refractivity (Wildman–Crippen MR) is 64.0 cm³/mol. The summed E-state index contributed by atoms with van der Waals surface area (Å²) in [6, 6.07) is 13.4. The molecule has 0 bridgehead atoms. The van der Waals surface area contributed by atoms with Gasteiger partial charge < -0.3 is 4.74 Å². The zero-order valence-electron chi connectivity index (χ0n) is 9.38. The van der Waals surface area contributed by atoms with Crippen LogP contribution in [0.1, 0.15) is 6.92 Å². The van der Waals surface area contributed by atoms with E-state index < -0.39 is 12.0 Å². The molecule has 0 fully saturated rings. The quantitative estimate of drug-likeness (QED) is 0.628. The minimum absolute atomic E-state index is 0.571. The first kappa shape index (κ1) is 11.4. The van der Waals surface area contributed by atoms with Gasteiger partial charge in [0.25, 0.3) is 5.91 Å². The lowest BCUT2D eigenvalue weighted by Crippen LogP contribution is -2.34. The second-order valence-corrected chi connectivity index (χ2v) is 3.71. The third-order valence-corrected chi connectivity index (χ3v) is 2.53. The van der Waals surface area contributed by atoms with Crippen molar-refractivity contribution < 1.29 is 14.7 Å². The molecular formula is C13H13NO3. The van der Waals surface area contributed by atoms with Gasteiger partial charge in [-0.2, -0.15) is 0 Å². The Morgan fingerprint density at radius 1 is 1.24 bits per heavy atom. The fourth-order valence-electron chi connectivity index (χ4n) is 1.63. The number of rotatable bonds is 3. The molecule has 4 heteroatoms. The number of nitrogens with one attached hydrogen (secondary N) is 1. The normalized spacial score (nSPS) is 12.1. The van der Waals surface area contributed by atoms with Crippen molar-refractivity contribution in [1.82, 2.24) is 5.48 Å². The van der Waals surface area contributed by atoms with Gasteiger partial charge in [-0.3, -0.25) is 10.0 Å². The Kier molecular flexibility index (Phi) is 3.25. The average molecular weight is 231 g/mol. The molecule has 0 spiro atoms. The molecule has 0 aliphatic rings. The fraction of sp³-hybridized carbons (Fsp3) is 0.154. The van der Waals surface area contributed by atoms with Gasteiger partial charge in [-0.05, 0) is 18.4 Å². The summed E-state index contributed by atoms with van der Waals surface area (Å²) in [7, 11) is 0. The molecule has 1 amide bonds. The summed E-state index contributed by atoms with van der Waals surface area (Å²) >= 11 is 0. The van der Waals surface area contributed by atoms with Crippen LogP contribution in [0.25, 0.3) is 10.8 Å². The summed E-state index contributed by atoms with van der Waals surface area (Å²) in [5.74, 6) is 0.0529. The van der Waals surface area contributed by atoms with Gasteiger partial charge in [0.05, 0.1) is 0 Å². The SMILES string of the molecule is C[C@H](Oc1cccc2ccccc12)C(=O)NO. The van der Waals surface area contributed by atoms with Crippen LogP contribution < -0.4 is 10.2 Å². The van der Waals surface area contributed by atoms with Gasteiger partial charge in [0.15, 0.2) is 6.10 Å². The second-order valence-electron chi connectivity index (χ2n) is 3.71. The number of benzene rings is 2. The standard InChI is InChI=1S/C13H13NO3/c1-9(13(15)14-16)17-12-8-4-6-10-5-2-3-7-11(10)12/h2-9,16H,1H3,(H,14,15)/t9-/m0/s1. The zero-order valence-corrected chi connectivity index (χ0v) is 9.38. The molecule has 2 aromatic carbocycles. The van der Waals surface area contributed by atoms with E-state index in [9.17, 15) is 4.79 Å². The molecule has 2 N–H and O–H groups in total. The molecule has 0 unspecified atom stereocenters. The topological polar surface area (TPSA) is 58.6 Å². The number of hydrogen-bond donors (Lipinski definition) is 2. The van der Waals surface area contributed by atoms with Crippen molar-refractivity contribution in [3.05, 3.63) is 42.5 Å². The molecule has 0 saturated carbocycles. The van der Waals surface area contributed by atoms with Crippen molar-refractivity contribution >= 4 is 16.7 Å². The van der Waals surface area contributed by atoms with E-state index in [-0.39, 0.29) is 0 Å². The van der Waals surface area contributed by atoms with Gasteiger partial charge in [-0.25, -0.2) is 5.48 Å². The number of hydroxylamine groups is 1. The Morgan fingerprint density at radius 3 is 2.71 bits per heavy atom. The fourth-order valence-corrected chi connectivity index (χ4v) is 1.63. The molecule has 0 aliphatic carbocycles. The van der Waals surface area contributed by atoms with Crippen LogP contribution in [-0.2, 0) is 4.79 Å². The third kappa shape index (κ3) is 2.37. The van der Waals surface area contributed by atoms with Crippen LogP contribution in [0.3, 0.4) is 0 Å². The van der Waals surface area contributed by atoms with E-state index in [2.05, 4.69) is 0 Å². The van der Waals surface area contributed by atoms with E-state index in [1.165, 1.54) is 0 Å². The lowest BCUT2D eigenvalue weighted by atomic mass is 10.1. The minimum Gasteiger partial charge on any atom is -0.480 e. The smallest absolute Gasteiger partial charge is 0.284 e. The van der Waals surface area contributed by atoms with Crippen molar-refractivity contribution in [2.75, 3.05) is 0 Å². The molecular weight excluding hydrogens is 218 g/mol. The van der Waals surface area contributed by atoms with Crippen LogP contribution in [0.5, 0.6) is 5.75 Å². The molecule has 2 aromatic rings. The zero-order chi connectivity index (χ0) is 12.3. The van der Waals surface area contributed by atoms with Crippen molar-refractivity contribution in [2.24, 2.45) is 0 Å². The maximum Gasteiger partial charge on any atom is 0.284 e. The Bertz CT molecular complexity index is 534. The second kappa shape index (κ2) is 4.84. The average Bonchev–Trinajstić information content (AvgIpc) is 2.38. The van der Waals surface area contributed by atoms with Crippen LogP contribution in [-0.4, -0.2) is 17.2 Å². The summed E-state index contributed by atoms with van der Waals surface area (Å²) in [6.07, 6.45) is -0.745. The lowest BCUT2D eigenvalue weighted by molar-refractivity contribution is -0.135. The maximum atomic E-state index is 11.2. The van der Waals surface area contributed by atoms with E-state index in [0.29, 0.717) is 5.75 Å². The molecule has 17 heavy (non-hydrogen) atoms. The van der Waals surface area contributed by atoms with Gasteiger partial charge in [0.1, 0.15) is 5.75 Å². The molecule has 0 aromatic heterocycles. The first-order chi connectivity index (χ1) is 8.22. The highest BCUT2D eigenvalue weighted by Gasteiger charge is 2.14. The first-order valence-electron chi connectivity index (χ1n) is 5.30. The summed E-state index contributed by atoms with van der Waals surface area (Å²) in [5, 5.41) is 10.5. The third-order valence-electron chi connectivity index (χ3n) is 2.53. The minimum atomic E-state index is -0.745. The first-order valence-corrected chi connectivity index (χ1v) is 5.30. The van der Waals surface area contributed by atoms with Gasteiger partial charge >= 0.3 is 0 Å². The highest BCUT2D eigenvalue weighted by molar-refractivity contribution is 5.88. The highest BCUT2D eigenvalue weighted by atomic mass is 16.5.